The van der Waals surface area contributed by atoms with E-state index in [-0.39, 0.29) is 12.1 Å². The van der Waals surface area contributed by atoms with Crippen molar-refractivity contribution in [2.45, 2.75) is 46.7 Å². The summed E-state index contributed by atoms with van der Waals surface area (Å²) in [6, 6.07) is 7.11. The van der Waals surface area contributed by atoms with Crippen LogP contribution in [0, 0.1) is 31.0 Å². The number of amides is 2. The molecule has 2 aromatic rings. The number of nitriles is 1. The highest BCUT2D eigenvalue weighted by Gasteiger charge is 2.29. The van der Waals surface area contributed by atoms with Crippen LogP contribution in [0.4, 0.5) is 10.1 Å². The monoisotopic (exact) mass is 413 g/mol. The Morgan fingerprint density at radius 1 is 1.23 bits per heavy atom. The quantitative estimate of drug-likeness (QED) is 0.808. The van der Waals surface area contributed by atoms with Crippen LogP contribution in [0.25, 0.3) is 0 Å². The number of aromatic nitrogens is 2. The van der Waals surface area contributed by atoms with Gasteiger partial charge < -0.3 is 10.2 Å². The van der Waals surface area contributed by atoms with Gasteiger partial charge in [0.05, 0.1) is 5.69 Å². The largest absolute Gasteiger partial charge is 0.327 e. The molecule has 1 N–H and O–H groups in total. The van der Waals surface area contributed by atoms with Gasteiger partial charge in [-0.05, 0) is 64.4 Å². The van der Waals surface area contributed by atoms with E-state index in [1.54, 1.807) is 34.6 Å². The first-order chi connectivity index (χ1) is 13.9. The van der Waals surface area contributed by atoms with Crippen molar-refractivity contribution in [3.63, 3.8) is 0 Å². The average molecular weight is 413 g/mol. The van der Waals surface area contributed by atoms with Gasteiger partial charge >= 0.3 is 0 Å². The molecule has 0 bridgehead atoms. The van der Waals surface area contributed by atoms with Gasteiger partial charge in [0.1, 0.15) is 30.5 Å². The summed E-state index contributed by atoms with van der Waals surface area (Å²) in [5, 5.41) is 16.0. The van der Waals surface area contributed by atoms with Crippen LogP contribution >= 0.6 is 0 Å². The van der Waals surface area contributed by atoms with E-state index in [4.69, 9.17) is 0 Å². The van der Waals surface area contributed by atoms with Gasteiger partial charge in [0.25, 0.3) is 5.56 Å². The van der Waals surface area contributed by atoms with Crippen LogP contribution in [-0.4, -0.2) is 38.6 Å². The third kappa shape index (κ3) is 5.29. The summed E-state index contributed by atoms with van der Waals surface area (Å²) >= 11 is 0. The molecule has 1 aromatic carbocycles. The first kappa shape index (κ1) is 22.7. The minimum Gasteiger partial charge on any atom is -0.327 e. The van der Waals surface area contributed by atoms with E-state index in [9.17, 15) is 24.0 Å². The number of hydrogen-bond donors (Lipinski definition) is 1. The number of nitrogens with zero attached hydrogens (tertiary/aromatic N) is 4. The molecule has 1 aromatic heterocycles. The fourth-order valence-electron chi connectivity index (χ4n) is 2.80. The Morgan fingerprint density at radius 2 is 1.83 bits per heavy atom. The van der Waals surface area contributed by atoms with Gasteiger partial charge in [-0.2, -0.15) is 10.4 Å². The number of rotatable bonds is 5. The molecule has 30 heavy (non-hydrogen) atoms. The summed E-state index contributed by atoms with van der Waals surface area (Å²) < 4.78 is 14.0. The third-order valence-corrected chi connectivity index (χ3v) is 4.57. The number of anilines is 1. The molecule has 0 unspecified atom stereocenters. The Bertz CT molecular complexity index is 1060. The number of hydrogen-bond acceptors (Lipinski definition) is 5. The second-order valence-electron chi connectivity index (χ2n) is 7.87. The van der Waals surface area contributed by atoms with Crippen molar-refractivity contribution in [1.29, 1.82) is 5.26 Å². The molecule has 0 saturated heterocycles. The average Bonchev–Trinajstić information content (AvgIpc) is 2.65. The van der Waals surface area contributed by atoms with Crippen molar-refractivity contribution < 1.29 is 14.0 Å². The number of halogens is 1. The van der Waals surface area contributed by atoms with Gasteiger partial charge in [-0.3, -0.25) is 14.4 Å². The van der Waals surface area contributed by atoms with Crippen LogP contribution in [0.2, 0.25) is 0 Å². The molecule has 0 aliphatic carbocycles. The van der Waals surface area contributed by atoms with Crippen LogP contribution in [0.15, 0.2) is 29.1 Å². The van der Waals surface area contributed by atoms with Crippen LogP contribution in [0.5, 0.6) is 0 Å². The maximum atomic E-state index is 13.0. The van der Waals surface area contributed by atoms with Crippen molar-refractivity contribution in [1.82, 2.24) is 14.7 Å². The number of carbonyl (C=O) groups is 2. The Morgan fingerprint density at radius 3 is 2.37 bits per heavy atom. The van der Waals surface area contributed by atoms with E-state index in [1.165, 1.54) is 29.2 Å². The lowest BCUT2D eigenvalue weighted by molar-refractivity contribution is -0.140. The van der Waals surface area contributed by atoms with E-state index in [1.807, 2.05) is 6.07 Å². The van der Waals surface area contributed by atoms with E-state index in [0.29, 0.717) is 16.9 Å². The molecule has 9 heteroatoms. The standard InChI is InChI=1S/C21H24FN5O3/c1-13-14(2)25-27(20(30)17(13)10-23)12-19(29)26(21(3,4)5)11-18(28)24-16-8-6-15(22)7-9-16/h6-9H,11-12H2,1-5H3,(H,24,28). The van der Waals surface area contributed by atoms with E-state index >= 15 is 0 Å². The molecule has 0 saturated carbocycles. The zero-order chi connectivity index (χ0) is 22.6. The molecule has 0 radical (unpaired) electrons. The third-order valence-electron chi connectivity index (χ3n) is 4.57. The lowest BCUT2D eigenvalue weighted by Crippen LogP contribution is -2.51. The smallest absolute Gasteiger partial charge is 0.285 e. The van der Waals surface area contributed by atoms with Gasteiger partial charge in [0.2, 0.25) is 11.8 Å². The SMILES string of the molecule is Cc1nn(CC(=O)N(CC(=O)Nc2ccc(F)cc2)C(C)(C)C)c(=O)c(C#N)c1C. The zero-order valence-corrected chi connectivity index (χ0v) is 17.6. The molecule has 0 spiro atoms. The predicted molar refractivity (Wildman–Crippen MR) is 109 cm³/mol. The zero-order valence-electron chi connectivity index (χ0n) is 17.6. The summed E-state index contributed by atoms with van der Waals surface area (Å²) in [5.41, 5.74) is -0.106. The Balaban J connectivity index is 2.24. The molecule has 8 nitrogen and oxygen atoms in total. The van der Waals surface area contributed by atoms with Crippen molar-refractivity contribution in [2.75, 3.05) is 11.9 Å². The minimum absolute atomic E-state index is 0.0633. The molecule has 0 aliphatic heterocycles. The number of aryl methyl sites for hydroxylation is 1. The maximum Gasteiger partial charge on any atom is 0.285 e. The first-order valence-electron chi connectivity index (χ1n) is 9.28. The fourth-order valence-corrected chi connectivity index (χ4v) is 2.80. The van der Waals surface area contributed by atoms with Gasteiger partial charge in [-0.25, -0.2) is 9.07 Å². The molecular formula is C21H24FN5O3. The number of carbonyl (C=O) groups excluding carboxylic acids is 2. The van der Waals surface area contributed by atoms with Gasteiger partial charge in [0.15, 0.2) is 0 Å². The molecule has 2 amide bonds. The van der Waals surface area contributed by atoms with Crippen molar-refractivity contribution >= 4 is 17.5 Å². The Labute approximate surface area is 173 Å². The summed E-state index contributed by atoms with van der Waals surface area (Å²) in [6.45, 7) is 7.86. The van der Waals surface area contributed by atoms with Crippen LogP contribution in [0.1, 0.15) is 37.6 Å². The molecule has 0 fully saturated rings. The fraction of sp³-hybridized carbons (Fsp3) is 0.381. The van der Waals surface area contributed by atoms with Crippen molar-refractivity contribution in [3.05, 3.63) is 57.3 Å². The van der Waals surface area contributed by atoms with E-state index in [2.05, 4.69) is 10.4 Å². The van der Waals surface area contributed by atoms with Gasteiger partial charge in [-0.15, -0.1) is 0 Å². The lowest BCUT2D eigenvalue weighted by Gasteiger charge is -2.35. The maximum absolute atomic E-state index is 13.0. The molecule has 1 heterocycles. The molecule has 0 aliphatic rings. The second-order valence-corrected chi connectivity index (χ2v) is 7.87. The van der Waals surface area contributed by atoms with E-state index in [0.717, 1.165) is 4.68 Å². The summed E-state index contributed by atoms with van der Waals surface area (Å²) in [5.74, 6) is -1.40. The summed E-state index contributed by atoms with van der Waals surface area (Å²) in [7, 11) is 0. The Kier molecular flexibility index (Phi) is 6.72. The number of nitrogens with one attached hydrogen (secondary N) is 1. The first-order valence-corrected chi connectivity index (χ1v) is 9.28. The molecule has 2 rings (SSSR count). The molecular weight excluding hydrogens is 389 g/mol. The lowest BCUT2D eigenvalue weighted by atomic mass is 10.1. The van der Waals surface area contributed by atoms with Gasteiger partial charge in [-0.1, -0.05) is 0 Å². The highest BCUT2D eigenvalue weighted by molar-refractivity contribution is 5.94. The van der Waals surface area contributed by atoms with Crippen molar-refractivity contribution in [3.8, 4) is 6.07 Å². The second kappa shape index (κ2) is 8.86. The highest BCUT2D eigenvalue weighted by atomic mass is 19.1. The van der Waals surface area contributed by atoms with Crippen LogP contribution in [-0.2, 0) is 16.1 Å². The van der Waals surface area contributed by atoms with Crippen LogP contribution < -0.4 is 10.9 Å². The van der Waals surface area contributed by atoms with Crippen molar-refractivity contribution in [2.24, 2.45) is 0 Å². The minimum atomic E-state index is -0.724. The number of benzene rings is 1. The normalized spacial score (nSPS) is 11.0. The predicted octanol–water partition coefficient (Wildman–Crippen LogP) is 2.14. The van der Waals surface area contributed by atoms with E-state index < -0.39 is 35.3 Å². The summed E-state index contributed by atoms with van der Waals surface area (Å²) in [4.78, 5) is 39.2. The Hall–Kier alpha value is -3.54. The summed E-state index contributed by atoms with van der Waals surface area (Å²) in [6.07, 6.45) is 0. The van der Waals surface area contributed by atoms with Gasteiger partial charge in [0, 0.05) is 11.2 Å². The van der Waals surface area contributed by atoms with Crippen LogP contribution in [0.3, 0.4) is 0 Å². The molecule has 158 valence electrons. The highest BCUT2D eigenvalue weighted by Crippen LogP contribution is 2.15. The molecule has 0 atom stereocenters. The topological polar surface area (TPSA) is 108 Å².